The summed E-state index contributed by atoms with van der Waals surface area (Å²) in [5, 5.41) is 8.74. The topological polar surface area (TPSA) is 49.5 Å². The minimum atomic E-state index is -0.553. The summed E-state index contributed by atoms with van der Waals surface area (Å²) in [6, 6.07) is 2.94. The summed E-state index contributed by atoms with van der Waals surface area (Å²) in [5.41, 5.74) is 6.14. The third-order valence-corrected chi connectivity index (χ3v) is 2.21. The highest BCUT2D eigenvalue weighted by molar-refractivity contribution is 6.31. The van der Waals surface area contributed by atoms with E-state index in [0.717, 1.165) is 0 Å². The largest absolute Gasteiger partial charge is 0.397 e. The quantitative estimate of drug-likeness (QED) is 0.756. The average molecular weight is 219 g/mol. The molecule has 0 saturated carbocycles. The molecule has 0 aromatic heterocycles. The second-order valence-corrected chi connectivity index (χ2v) is 3.35. The van der Waals surface area contributed by atoms with Gasteiger partial charge in [0, 0.05) is 13.6 Å². The molecule has 0 radical (unpaired) electrons. The van der Waals surface area contributed by atoms with Gasteiger partial charge >= 0.3 is 0 Å². The van der Waals surface area contributed by atoms with Gasteiger partial charge in [0.15, 0.2) is 5.82 Å². The van der Waals surface area contributed by atoms with E-state index >= 15 is 0 Å². The van der Waals surface area contributed by atoms with Crippen LogP contribution in [0, 0.1) is 5.82 Å². The molecule has 1 aromatic rings. The lowest BCUT2D eigenvalue weighted by Gasteiger charge is -2.20. The lowest BCUT2D eigenvalue weighted by molar-refractivity contribution is 0.304. The van der Waals surface area contributed by atoms with E-state index in [1.54, 1.807) is 7.05 Å². The number of nitrogen functional groups attached to an aromatic ring is 1. The molecule has 0 bridgehead atoms. The number of aliphatic hydroxyl groups is 1. The van der Waals surface area contributed by atoms with Gasteiger partial charge in [0.1, 0.15) is 0 Å². The number of likely N-dealkylation sites (N-methyl/N-ethyl adjacent to an activating group) is 1. The van der Waals surface area contributed by atoms with Crippen molar-refractivity contribution in [3.63, 3.8) is 0 Å². The van der Waals surface area contributed by atoms with Crippen molar-refractivity contribution in [2.45, 2.75) is 0 Å². The molecule has 3 nitrogen and oxygen atoms in total. The monoisotopic (exact) mass is 218 g/mol. The molecule has 5 heteroatoms. The molecule has 0 aliphatic rings. The second kappa shape index (κ2) is 4.48. The highest BCUT2D eigenvalue weighted by atomic mass is 35.5. The first kappa shape index (κ1) is 11.1. The number of hydrogen-bond acceptors (Lipinski definition) is 3. The Balaban J connectivity index is 3.11. The smallest absolute Gasteiger partial charge is 0.167 e. The van der Waals surface area contributed by atoms with Crippen LogP contribution in [0.3, 0.4) is 0 Å². The fraction of sp³-hybridized carbons (Fsp3) is 0.333. The molecule has 0 unspecified atom stereocenters. The zero-order valence-electron chi connectivity index (χ0n) is 7.80. The Kier molecular flexibility index (Phi) is 3.55. The van der Waals surface area contributed by atoms with E-state index in [2.05, 4.69) is 0 Å². The molecule has 0 saturated heterocycles. The van der Waals surface area contributed by atoms with Gasteiger partial charge in [-0.3, -0.25) is 0 Å². The van der Waals surface area contributed by atoms with Gasteiger partial charge in [0.2, 0.25) is 0 Å². The molecule has 1 rings (SSSR count). The predicted octanol–water partition coefficient (Wildman–Crippen LogP) is 1.49. The average Bonchev–Trinajstić information content (AvgIpc) is 2.13. The summed E-state index contributed by atoms with van der Waals surface area (Å²) in [6.45, 7) is 0.239. The predicted molar refractivity (Wildman–Crippen MR) is 56.2 cm³/mol. The number of benzene rings is 1. The Morgan fingerprint density at radius 1 is 1.57 bits per heavy atom. The van der Waals surface area contributed by atoms with E-state index in [4.69, 9.17) is 22.4 Å². The van der Waals surface area contributed by atoms with Crippen LogP contribution in [0.1, 0.15) is 0 Å². The molecule has 0 fully saturated rings. The normalized spacial score (nSPS) is 10.3. The van der Waals surface area contributed by atoms with Crippen LogP contribution >= 0.6 is 11.6 Å². The van der Waals surface area contributed by atoms with Crippen LogP contribution in [-0.2, 0) is 0 Å². The summed E-state index contributed by atoms with van der Waals surface area (Å²) in [6.07, 6.45) is 0. The van der Waals surface area contributed by atoms with Gasteiger partial charge in [-0.2, -0.15) is 0 Å². The maximum atomic E-state index is 13.5. The fourth-order valence-electron chi connectivity index (χ4n) is 1.20. The van der Waals surface area contributed by atoms with Crippen LogP contribution in [0.2, 0.25) is 5.02 Å². The van der Waals surface area contributed by atoms with Crippen molar-refractivity contribution in [2.24, 2.45) is 0 Å². The molecule has 0 aliphatic heterocycles. The SMILES string of the molecule is CN(CCO)c1c(N)ccc(Cl)c1F. The van der Waals surface area contributed by atoms with Crippen LogP contribution in [0.5, 0.6) is 0 Å². The van der Waals surface area contributed by atoms with Crippen LogP contribution in [-0.4, -0.2) is 25.3 Å². The van der Waals surface area contributed by atoms with Crippen LogP contribution in [0.25, 0.3) is 0 Å². The summed E-state index contributed by atoms with van der Waals surface area (Å²) in [7, 11) is 1.64. The van der Waals surface area contributed by atoms with Crippen molar-refractivity contribution in [1.82, 2.24) is 0 Å². The minimum Gasteiger partial charge on any atom is -0.397 e. The molecule has 1 aromatic carbocycles. The number of nitrogens with two attached hydrogens (primary N) is 1. The number of halogens is 2. The van der Waals surface area contributed by atoms with Crippen molar-refractivity contribution in [3.05, 3.63) is 23.0 Å². The molecule has 0 atom stereocenters. The van der Waals surface area contributed by atoms with Gasteiger partial charge in [0.05, 0.1) is 23.0 Å². The van der Waals surface area contributed by atoms with E-state index in [1.807, 2.05) is 0 Å². The Bertz CT molecular complexity index is 333. The van der Waals surface area contributed by atoms with Gasteiger partial charge in [-0.25, -0.2) is 4.39 Å². The molecule has 14 heavy (non-hydrogen) atoms. The number of hydrogen-bond donors (Lipinski definition) is 2. The summed E-state index contributed by atoms with van der Waals surface area (Å²) in [4.78, 5) is 1.52. The molecule has 78 valence electrons. The van der Waals surface area contributed by atoms with Crippen LogP contribution < -0.4 is 10.6 Å². The Labute approximate surface area is 86.9 Å². The van der Waals surface area contributed by atoms with Crippen LogP contribution in [0.15, 0.2) is 12.1 Å². The molecular weight excluding hydrogens is 207 g/mol. The van der Waals surface area contributed by atoms with Gasteiger partial charge in [-0.05, 0) is 12.1 Å². The molecule has 0 spiro atoms. The van der Waals surface area contributed by atoms with Crippen LogP contribution in [0.4, 0.5) is 15.8 Å². The van der Waals surface area contributed by atoms with E-state index in [1.165, 1.54) is 17.0 Å². The lowest BCUT2D eigenvalue weighted by Crippen LogP contribution is -2.23. The van der Waals surface area contributed by atoms with Crippen molar-refractivity contribution in [2.75, 3.05) is 30.8 Å². The van der Waals surface area contributed by atoms with Gasteiger partial charge in [0.25, 0.3) is 0 Å². The van der Waals surface area contributed by atoms with Gasteiger partial charge in [-0.15, -0.1) is 0 Å². The third kappa shape index (κ3) is 2.08. The first-order valence-corrected chi connectivity index (χ1v) is 4.51. The fourth-order valence-corrected chi connectivity index (χ4v) is 1.36. The maximum absolute atomic E-state index is 13.5. The summed E-state index contributed by atoms with van der Waals surface area (Å²) in [5.74, 6) is -0.553. The summed E-state index contributed by atoms with van der Waals surface area (Å²) < 4.78 is 13.5. The van der Waals surface area contributed by atoms with E-state index in [9.17, 15) is 4.39 Å². The molecule has 0 heterocycles. The first-order valence-electron chi connectivity index (χ1n) is 4.13. The van der Waals surface area contributed by atoms with Crippen molar-refractivity contribution >= 4 is 23.0 Å². The number of anilines is 2. The second-order valence-electron chi connectivity index (χ2n) is 2.94. The Morgan fingerprint density at radius 2 is 2.21 bits per heavy atom. The third-order valence-electron chi connectivity index (χ3n) is 1.92. The minimum absolute atomic E-state index is 0.0268. The molecule has 3 N–H and O–H groups in total. The van der Waals surface area contributed by atoms with E-state index in [-0.39, 0.29) is 17.3 Å². The number of rotatable bonds is 3. The summed E-state index contributed by atoms with van der Waals surface area (Å²) >= 11 is 5.61. The number of nitrogens with zero attached hydrogens (tertiary/aromatic N) is 1. The first-order chi connectivity index (χ1) is 6.57. The van der Waals surface area contributed by atoms with E-state index < -0.39 is 5.82 Å². The highest BCUT2D eigenvalue weighted by Crippen LogP contribution is 2.30. The van der Waals surface area contributed by atoms with Gasteiger partial charge in [-0.1, -0.05) is 11.6 Å². The standard InChI is InChI=1S/C9H12ClFN2O/c1-13(4-5-14)9-7(12)3-2-6(10)8(9)11/h2-3,14H,4-5,12H2,1H3. The molecular formula is C9H12ClFN2O. The highest BCUT2D eigenvalue weighted by Gasteiger charge is 2.13. The Morgan fingerprint density at radius 3 is 2.79 bits per heavy atom. The lowest BCUT2D eigenvalue weighted by atomic mass is 10.2. The zero-order valence-corrected chi connectivity index (χ0v) is 8.55. The van der Waals surface area contributed by atoms with Gasteiger partial charge < -0.3 is 15.7 Å². The zero-order chi connectivity index (χ0) is 10.7. The molecule has 0 amide bonds. The van der Waals surface area contributed by atoms with Crippen molar-refractivity contribution in [1.29, 1.82) is 0 Å². The maximum Gasteiger partial charge on any atom is 0.167 e. The Hall–Kier alpha value is -1.000. The van der Waals surface area contributed by atoms with Crippen molar-refractivity contribution in [3.8, 4) is 0 Å². The molecule has 0 aliphatic carbocycles. The van der Waals surface area contributed by atoms with E-state index in [0.29, 0.717) is 12.2 Å². The number of aliphatic hydroxyl groups excluding tert-OH is 1. The van der Waals surface area contributed by atoms with Crippen molar-refractivity contribution < 1.29 is 9.50 Å².